The molecule has 4 N–H and O–H groups in total. The number of nitrogens with two attached hydrogens (primary N) is 1. The molecular formula is C18H27N3O2. The van der Waals surface area contributed by atoms with Crippen molar-refractivity contribution in [2.24, 2.45) is 23.5 Å². The van der Waals surface area contributed by atoms with Crippen LogP contribution in [0, 0.1) is 17.8 Å². The maximum Gasteiger partial charge on any atom is 0.251 e. The third-order valence-electron chi connectivity index (χ3n) is 4.24. The van der Waals surface area contributed by atoms with Crippen molar-refractivity contribution in [2.75, 3.05) is 11.9 Å². The summed E-state index contributed by atoms with van der Waals surface area (Å²) in [5.74, 6) is 1.03. The Morgan fingerprint density at radius 1 is 1.26 bits per heavy atom. The summed E-state index contributed by atoms with van der Waals surface area (Å²) < 4.78 is 0. The second-order valence-corrected chi connectivity index (χ2v) is 6.92. The van der Waals surface area contributed by atoms with Gasteiger partial charge in [-0.1, -0.05) is 20.8 Å². The summed E-state index contributed by atoms with van der Waals surface area (Å²) >= 11 is 0. The van der Waals surface area contributed by atoms with Crippen molar-refractivity contribution in [3.05, 3.63) is 29.8 Å². The molecule has 5 heteroatoms. The topological polar surface area (TPSA) is 84.2 Å². The minimum absolute atomic E-state index is 0.0155. The van der Waals surface area contributed by atoms with Crippen LogP contribution in [0.5, 0.6) is 0 Å². The number of nitrogens with one attached hydrogen (secondary N) is 2. The molecule has 0 aliphatic heterocycles. The van der Waals surface area contributed by atoms with Gasteiger partial charge in [0.2, 0.25) is 5.91 Å². The highest BCUT2D eigenvalue weighted by molar-refractivity contribution is 5.97. The van der Waals surface area contributed by atoms with Crippen molar-refractivity contribution in [1.29, 1.82) is 0 Å². The summed E-state index contributed by atoms with van der Waals surface area (Å²) in [4.78, 5) is 24.1. The molecule has 1 saturated carbocycles. The molecule has 1 aliphatic rings. The van der Waals surface area contributed by atoms with E-state index in [2.05, 4.69) is 31.4 Å². The van der Waals surface area contributed by atoms with Gasteiger partial charge in [0.1, 0.15) is 0 Å². The Labute approximate surface area is 138 Å². The molecule has 3 atom stereocenters. The zero-order chi connectivity index (χ0) is 17.0. The van der Waals surface area contributed by atoms with Gasteiger partial charge in [-0.25, -0.2) is 0 Å². The quantitative estimate of drug-likeness (QED) is 0.722. The average Bonchev–Trinajstić information content (AvgIpc) is 3.23. The van der Waals surface area contributed by atoms with E-state index in [9.17, 15) is 9.59 Å². The highest BCUT2D eigenvalue weighted by atomic mass is 16.2. The Morgan fingerprint density at radius 2 is 1.87 bits per heavy atom. The smallest absolute Gasteiger partial charge is 0.251 e. The first-order valence-electron chi connectivity index (χ1n) is 8.32. The summed E-state index contributed by atoms with van der Waals surface area (Å²) in [7, 11) is 0. The van der Waals surface area contributed by atoms with E-state index in [4.69, 9.17) is 5.73 Å². The van der Waals surface area contributed by atoms with Gasteiger partial charge in [0, 0.05) is 29.8 Å². The molecule has 0 spiro atoms. The van der Waals surface area contributed by atoms with E-state index in [1.807, 2.05) is 0 Å². The standard InChI is InChI=1S/C18H27N3O2/c1-11(2)8-15(10-19)21-17(22)13-4-6-14(7-5-13)20-18(23)16-9-12(16)3/h4-7,11-12,15-16H,8-10,19H2,1-3H3,(H,20,23)(H,21,22). The Morgan fingerprint density at radius 3 is 2.35 bits per heavy atom. The Hall–Kier alpha value is -1.88. The predicted molar refractivity (Wildman–Crippen MR) is 92.1 cm³/mol. The first-order valence-corrected chi connectivity index (χ1v) is 8.32. The van der Waals surface area contributed by atoms with Crippen LogP contribution in [0.4, 0.5) is 5.69 Å². The monoisotopic (exact) mass is 317 g/mol. The number of benzene rings is 1. The normalized spacial score (nSPS) is 20.9. The first kappa shape index (κ1) is 17.5. The molecule has 0 aromatic heterocycles. The van der Waals surface area contributed by atoms with Gasteiger partial charge in [-0.05, 0) is 48.9 Å². The zero-order valence-corrected chi connectivity index (χ0v) is 14.1. The number of amides is 2. The molecular weight excluding hydrogens is 290 g/mol. The number of hydrogen-bond donors (Lipinski definition) is 3. The Balaban J connectivity index is 1.90. The fourth-order valence-electron chi connectivity index (χ4n) is 2.68. The van der Waals surface area contributed by atoms with Crippen molar-refractivity contribution in [1.82, 2.24) is 5.32 Å². The van der Waals surface area contributed by atoms with E-state index in [1.54, 1.807) is 24.3 Å². The van der Waals surface area contributed by atoms with Crippen molar-refractivity contribution < 1.29 is 9.59 Å². The second kappa shape index (κ2) is 7.59. The minimum Gasteiger partial charge on any atom is -0.348 e. The molecule has 23 heavy (non-hydrogen) atoms. The van der Waals surface area contributed by atoms with Crippen LogP contribution in [-0.4, -0.2) is 24.4 Å². The molecule has 1 fully saturated rings. The zero-order valence-electron chi connectivity index (χ0n) is 14.1. The number of carbonyl (C=O) groups is 2. The predicted octanol–water partition coefficient (Wildman–Crippen LogP) is 2.38. The SMILES string of the molecule is CC(C)CC(CN)NC(=O)c1ccc(NC(=O)C2CC2C)cc1. The summed E-state index contributed by atoms with van der Waals surface area (Å²) in [5, 5.41) is 5.85. The van der Waals surface area contributed by atoms with E-state index in [0.29, 0.717) is 23.9 Å². The molecule has 0 radical (unpaired) electrons. The van der Waals surface area contributed by atoms with Crippen LogP contribution in [0.15, 0.2) is 24.3 Å². The third-order valence-corrected chi connectivity index (χ3v) is 4.24. The first-order chi connectivity index (χ1) is 10.9. The van der Waals surface area contributed by atoms with E-state index < -0.39 is 0 Å². The highest BCUT2D eigenvalue weighted by Crippen LogP contribution is 2.38. The largest absolute Gasteiger partial charge is 0.348 e. The third kappa shape index (κ3) is 5.06. The molecule has 126 valence electrons. The second-order valence-electron chi connectivity index (χ2n) is 6.92. The lowest BCUT2D eigenvalue weighted by molar-refractivity contribution is -0.117. The van der Waals surface area contributed by atoms with Crippen LogP contribution < -0.4 is 16.4 Å². The maximum absolute atomic E-state index is 12.2. The number of carbonyl (C=O) groups excluding carboxylic acids is 2. The summed E-state index contributed by atoms with van der Waals surface area (Å²) in [6, 6.07) is 6.96. The Bertz CT molecular complexity index is 554. The number of rotatable bonds is 7. The van der Waals surface area contributed by atoms with Crippen LogP contribution >= 0.6 is 0 Å². The van der Waals surface area contributed by atoms with Crippen LogP contribution in [0.1, 0.15) is 44.0 Å². The Kier molecular flexibility index (Phi) is 5.77. The van der Waals surface area contributed by atoms with Crippen LogP contribution in [0.2, 0.25) is 0 Å². The average molecular weight is 317 g/mol. The van der Waals surface area contributed by atoms with Crippen molar-refractivity contribution >= 4 is 17.5 Å². The van der Waals surface area contributed by atoms with Crippen molar-refractivity contribution in [3.63, 3.8) is 0 Å². The summed E-state index contributed by atoms with van der Waals surface area (Å²) in [5.41, 5.74) is 7.01. The molecule has 0 bridgehead atoms. The van der Waals surface area contributed by atoms with Crippen molar-refractivity contribution in [2.45, 2.75) is 39.7 Å². The molecule has 2 rings (SSSR count). The van der Waals surface area contributed by atoms with Gasteiger partial charge in [0.15, 0.2) is 0 Å². The fourth-order valence-corrected chi connectivity index (χ4v) is 2.68. The van der Waals surface area contributed by atoms with Gasteiger partial charge >= 0.3 is 0 Å². The van der Waals surface area contributed by atoms with Gasteiger partial charge in [0.25, 0.3) is 5.91 Å². The van der Waals surface area contributed by atoms with E-state index >= 15 is 0 Å². The van der Waals surface area contributed by atoms with Gasteiger partial charge in [0.05, 0.1) is 0 Å². The van der Waals surface area contributed by atoms with Crippen LogP contribution in [-0.2, 0) is 4.79 Å². The lowest BCUT2D eigenvalue weighted by Crippen LogP contribution is -2.41. The minimum atomic E-state index is -0.130. The molecule has 0 heterocycles. The van der Waals surface area contributed by atoms with E-state index in [1.165, 1.54) is 0 Å². The molecule has 5 nitrogen and oxygen atoms in total. The van der Waals surface area contributed by atoms with Crippen LogP contribution in [0.3, 0.4) is 0 Å². The molecule has 2 amide bonds. The summed E-state index contributed by atoms with van der Waals surface area (Å²) in [6.07, 6.45) is 1.82. The van der Waals surface area contributed by atoms with Crippen LogP contribution in [0.25, 0.3) is 0 Å². The molecule has 1 aromatic carbocycles. The summed E-state index contributed by atoms with van der Waals surface area (Å²) in [6.45, 7) is 6.71. The number of anilines is 1. The lowest BCUT2D eigenvalue weighted by atomic mass is 10.0. The van der Waals surface area contributed by atoms with Gasteiger partial charge < -0.3 is 16.4 Å². The lowest BCUT2D eigenvalue weighted by Gasteiger charge is -2.18. The molecule has 1 aromatic rings. The van der Waals surface area contributed by atoms with Gasteiger partial charge in [-0.3, -0.25) is 9.59 Å². The molecule has 1 aliphatic carbocycles. The fraction of sp³-hybridized carbons (Fsp3) is 0.556. The molecule has 0 saturated heterocycles. The van der Waals surface area contributed by atoms with E-state index in [-0.39, 0.29) is 23.8 Å². The maximum atomic E-state index is 12.2. The van der Waals surface area contributed by atoms with Crippen molar-refractivity contribution in [3.8, 4) is 0 Å². The number of hydrogen-bond acceptors (Lipinski definition) is 3. The van der Waals surface area contributed by atoms with Gasteiger partial charge in [-0.15, -0.1) is 0 Å². The molecule has 3 unspecified atom stereocenters. The van der Waals surface area contributed by atoms with E-state index in [0.717, 1.165) is 18.5 Å². The van der Waals surface area contributed by atoms with Gasteiger partial charge in [-0.2, -0.15) is 0 Å². The highest BCUT2D eigenvalue weighted by Gasteiger charge is 2.39.